The summed E-state index contributed by atoms with van der Waals surface area (Å²) in [5.74, 6) is 0.659. The van der Waals surface area contributed by atoms with Crippen LogP contribution in [0.1, 0.15) is 13.8 Å². The number of carbonyl (C=O) groups excluding carboxylic acids is 2. The molecule has 0 aromatic carbocycles. The Balaban J connectivity index is 3.67. The van der Waals surface area contributed by atoms with Crippen molar-refractivity contribution in [3.8, 4) is 0 Å². The average molecular weight is 158 g/mol. The highest BCUT2D eigenvalue weighted by Gasteiger charge is 1.93. The summed E-state index contributed by atoms with van der Waals surface area (Å²) < 4.78 is 0. The van der Waals surface area contributed by atoms with Crippen LogP contribution in [0.4, 0.5) is 0 Å². The van der Waals surface area contributed by atoms with Crippen LogP contribution in [0.3, 0.4) is 0 Å². The van der Waals surface area contributed by atoms with Crippen LogP contribution in [0.2, 0.25) is 0 Å². The van der Waals surface area contributed by atoms with Crippen molar-refractivity contribution in [1.82, 2.24) is 0 Å². The molecule has 0 fully saturated rings. The monoisotopic (exact) mass is 158 g/mol. The van der Waals surface area contributed by atoms with Gasteiger partial charge in [0.1, 0.15) is 0 Å². The summed E-state index contributed by atoms with van der Waals surface area (Å²) in [7, 11) is 0. The van der Waals surface area contributed by atoms with E-state index in [-0.39, 0.29) is 10.9 Å². The third-order valence-corrected chi connectivity index (χ3v) is 1.45. The number of hydrogen-bond acceptors (Lipinski definition) is 3. The summed E-state index contributed by atoms with van der Waals surface area (Å²) in [4.78, 5) is 21.0. The van der Waals surface area contributed by atoms with E-state index in [1.807, 2.05) is 6.92 Å². The van der Waals surface area contributed by atoms with Gasteiger partial charge in [-0.3, -0.25) is 9.59 Å². The first-order chi connectivity index (χ1) is 4.66. The van der Waals surface area contributed by atoms with Gasteiger partial charge in [0.25, 0.3) is 0 Å². The first-order valence-electron chi connectivity index (χ1n) is 3.02. The highest BCUT2D eigenvalue weighted by molar-refractivity contribution is 8.14. The van der Waals surface area contributed by atoms with Gasteiger partial charge in [-0.25, -0.2) is 0 Å². The van der Waals surface area contributed by atoms with Crippen LogP contribution in [-0.4, -0.2) is 16.7 Å². The number of thioether (sulfide) groups is 1. The van der Waals surface area contributed by atoms with E-state index in [2.05, 4.69) is 0 Å². The molecule has 0 aromatic rings. The Morgan fingerprint density at radius 3 is 2.40 bits per heavy atom. The van der Waals surface area contributed by atoms with Crippen molar-refractivity contribution in [2.45, 2.75) is 13.8 Å². The lowest BCUT2D eigenvalue weighted by molar-refractivity contribution is -0.113. The second kappa shape index (κ2) is 5.23. The van der Waals surface area contributed by atoms with Gasteiger partial charge >= 0.3 is 0 Å². The van der Waals surface area contributed by atoms with Crippen LogP contribution >= 0.6 is 11.8 Å². The molecule has 2 nitrogen and oxygen atoms in total. The van der Waals surface area contributed by atoms with E-state index in [9.17, 15) is 9.59 Å². The van der Waals surface area contributed by atoms with Gasteiger partial charge in [0.05, 0.1) is 0 Å². The van der Waals surface area contributed by atoms with E-state index < -0.39 is 0 Å². The standard InChI is InChI=1S/C7H10O2S/c1-3-10-7(9)5-4-6(2)8/h4-5H,3H2,1-2H3/b5-4+. The van der Waals surface area contributed by atoms with Crippen molar-refractivity contribution in [3.05, 3.63) is 12.2 Å². The minimum atomic E-state index is -0.0925. The minimum absolute atomic E-state index is 0.0577. The fourth-order valence-electron chi connectivity index (χ4n) is 0.376. The topological polar surface area (TPSA) is 34.1 Å². The van der Waals surface area contributed by atoms with Crippen molar-refractivity contribution >= 4 is 22.7 Å². The van der Waals surface area contributed by atoms with E-state index in [0.29, 0.717) is 0 Å². The molecule has 0 aliphatic carbocycles. The Labute approximate surface area is 64.7 Å². The minimum Gasteiger partial charge on any atom is -0.295 e. The van der Waals surface area contributed by atoms with Crippen LogP contribution in [0.25, 0.3) is 0 Å². The average Bonchev–Trinajstić information content (AvgIpc) is 1.85. The summed E-state index contributed by atoms with van der Waals surface area (Å²) in [6, 6.07) is 0. The lowest BCUT2D eigenvalue weighted by Gasteiger charge is -1.85. The van der Waals surface area contributed by atoms with E-state index in [4.69, 9.17) is 0 Å². The number of hydrogen-bond donors (Lipinski definition) is 0. The molecular formula is C7H10O2S. The van der Waals surface area contributed by atoms with Crippen LogP contribution in [0.5, 0.6) is 0 Å². The molecule has 0 amide bonds. The Bertz CT molecular complexity index is 161. The number of rotatable bonds is 3. The van der Waals surface area contributed by atoms with Crippen LogP contribution < -0.4 is 0 Å². The number of ketones is 1. The molecule has 0 spiro atoms. The van der Waals surface area contributed by atoms with Crippen molar-refractivity contribution in [3.63, 3.8) is 0 Å². The predicted octanol–water partition coefficient (Wildman–Crippen LogP) is 1.41. The van der Waals surface area contributed by atoms with E-state index >= 15 is 0 Å². The predicted molar refractivity (Wildman–Crippen MR) is 43.0 cm³/mol. The Hall–Kier alpha value is -0.570. The third-order valence-electron chi connectivity index (χ3n) is 0.741. The smallest absolute Gasteiger partial charge is 0.212 e. The van der Waals surface area contributed by atoms with Gasteiger partial charge < -0.3 is 0 Å². The van der Waals surface area contributed by atoms with Crippen molar-refractivity contribution in [2.24, 2.45) is 0 Å². The fraction of sp³-hybridized carbons (Fsp3) is 0.429. The van der Waals surface area contributed by atoms with E-state index in [0.717, 1.165) is 5.75 Å². The van der Waals surface area contributed by atoms with Gasteiger partial charge in [-0.05, 0) is 24.8 Å². The van der Waals surface area contributed by atoms with Crippen LogP contribution in [0.15, 0.2) is 12.2 Å². The molecule has 0 aromatic heterocycles. The maximum Gasteiger partial charge on any atom is 0.212 e. The van der Waals surface area contributed by atoms with Crippen LogP contribution in [-0.2, 0) is 9.59 Å². The molecule has 0 aliphatic rings. The van der Waals surface area contributed by atoms with Crippen molar-refractivity contribution in [2.75, 3.05) is 5.75 Å². The molecule has 0 saturated carbocycles. The first-order valence-corrected chi connectivity index (χ1v) is 4.00. The Morgan fingerprint density at radius 1 is 1.40 bits per heavy atom. The van der Waals surface area contributed by atoms with Gasteiger partial charge in [0.2, 0.25) is 5.12 Å². The van der Waals surface area contributed by atoms with Crippen molar-refractivity contribution < 1.29 is 9.59 Å². The third kappa shape index (κ3) is 5.56. The summed E-state index contributed by atoms with van der Waals surface area (Å²) in [5, 5.41) is -0.0577. The van der Waals surface area contributed by atoms with Crippen molar-refractivity contribution in [1.29, 1.82) is 0 Å². The number of carbonyl (C=O) groups is 2. The molecule has 0 heterocycles. The molecular weight excluding hydrogens is 148 g/mol. The molecule has 0 unspecified atom stereocenters. The number of allylic oxidation sites excluding steroid dienone is 1. The summed E-state index contributed by atoms with van der Waals surface area (Å²) >= 11 is 1.20. The summed E-state index contributed by atoms with van der Waals surface area (Å²) in [6.07, 6.45) is 2.58. The van der Waals surface area contributed by atoms with Gasteiger partial charge in [0.15, 0.2) is 5.78 Å². The molecule has 0 radical (unpaired) electrons. The second-order valence-electron chi connectivity index (χ2n) is 1.70. The van der Waals surface area contributed by atoms with Gasteiger partial charge in [-0.15, -0.1) is 0 Å². The molecule has 0 aliphatic heterocycles. The lowest BCUT2D eigenvalue weighted by Crippen LogP contribution is -1.88. The first kappa shape index (κ1) is 9.43. The molecule has 10 heavy (non-hydrogen) atoms. The van der Waals surface area contributed by atoms with E-state index in [1.165, 1.54) is 30.8 Å². The molecule has 0 bridgehead atoms. The quantitative estimate of drug-likeness (QED) is 0.582. The lowest BCUT2D eigenvalue weighted by atomic mass is 10.4. The molecule has 0 rings (SSSR count). The SMILES string of the molecule is CCSC(=O)/C=C/C(C)=O. The molecule has 56 valence electrons. The Morgan fingerprint density at radius 2 is 2.00 bits per heavy atom. The molecule has 0 saturated heterocycles. The zero-order valence-electron chi connectivity index (χ0n) is 6.09. The maximum atomic E-state index is 10.7. The summed E-state index contributed by atoms with van der Waals surface area (Å²) in [5.41, 5.74) is 0. The van der Waals surface area contributed by atoms with Gasteiger partial charge in [-0.2, -0.15) is 0 Å². The molecule has 0 N–H and O–H groups in total. The Kier molecular flexibility index (Phi) is 4.94. The fourth-order valence-corrected chi connectivity index (χ4v) is 0.825. The zero-order valence-corrected chi connectivity index (χ0v) is 6.90. The highest BCUT2D eigenvalue weighted by Crippen LogP contribution is 2.00. The van der Waals surface area contributed by atoms with Crippen LogP contribution in [0, 0.1) is 0 Å². The largest absolute Gasteiger partial charge is 0.295 e. The normalized spacial score (nSPS) is 10.2. The van der Waals surface area contributed by atoms with E-state index in [1.54, 1.807) is 0 Å². The second-order valence-corrected chi connectivity index (χ2v) is 2.96. The maximum absolute atomic E-state index is 10.7. The molecule has 0 atom stereocenters. The highest BCUT2D eigenvalue weighted by atomic mass is 32.2. The molecule has 3 heteroatoms. The van der Waals surface area contributed by atoms with Gasteiger partial charge in [-0.1, -0.05) is 18.7 Å². The summed E-state index contributed by atoms with van der Waals surface area (Å²) in [6.45, 7) is 3.31. The van der Waals surface area contributed by atoms with Gasteiger partial charge in [0, 0.05) is 0 Å². The zero-order chi connectivity index (χ0) is 7.98.